The number of Topliss-reactive ketones (excluding diaryl/α,β-unsaturated/α-hetero) is 1. The van der Waals surface area contributed by atoms with Gasteiger partial charge in [-0.1, -0.05) is 44.5 Å². The van der Waals surface area contributed by atoms with Crippen molar-refractivity contribution in [3.8, 4) is 0 Å². The van der Waals surface area contributed by atoms with Gasteiger partial charge in [-0.15, -0.1) is 0 Å². The molecule has 2 bridgehead atoms. The predicted molar refractivity (Wildman–Crippen MR) is 88.9 cm³/mol. The fourth-order valence-electron chi connectivity index (χ4n) is 5.98. The van der Waals surface area contributed by atoms with Crippen LogP contribution in [0.15, 0.2) is 24.3 Å². The summed E-state index contributed by atoms with van der Waals surface area (Å²) in [6, 6.07) is 9.56. The van der Waals surface area contributed by atoms with Gasteiger partial charge < -0.3 is 4.90 Å². The van der Waals surface area contributed by atoms with Crippen molar-refractivity contribution in [1.29, 1.82) is 0 Å². The lowest BCUT2D eigenvalue weighted by molar-refractivity contribution is -0.138. The molecule has 0 radical (unpaired) electrons. The Morgan fingerprint density at radius 2 is 2.09 bits per heavy atom. The topological polar surface area (TPSA) is 20.3 Å². The third-order valence-electron chi connectivity index (χ3n) is 7.08. The van der Waals surface area contributed by atoms with Crippen LogP contribution in [0.3, 0.4) is 0 Å². The largest absolute Gasteiger partial charge is 0.303 e. The maximum atomic E-state index is 12.8. The Labute approximate surface area is 133 Å². The van der Waals surface area contributed by atoms with Crippen molar-refractivity contribution < 1.29 is 4.79 Å². The van der Waals surface area contributed by atoms with Crippen LogP contribution in [0.5, 0.6) is 0 Å². The minimum absolute atomic E-state index is 0.121. The molecular formula is C20H27NO. The molecule has 2 aliphatic carbocycles. The summed E-state index contributed by atoms with van der Waals surface area (Å²) in [4.78, 5) is 15.4. The Hall–Kier alpha value is -1.15. The van der Waals surface area contributed by atoms with Gasteiger partial charge in [0.25, 0.3) is 0 Å². The van der Waals surface area contributed by atoms with Gasteiger partial charge in [0, 0.05) is 23.8 Å². The van der Waals surface area contributed by atoms with E-state index in [0.717, 1.165) is 32.2 Å². The third kappa shape index (κ3) is 1.73. The number of likely N-dealkylation sites (tertiary alicyclic amines) is 1. The Morgan fingerprint density at radius 3 is 2.86 bits per heavy atom. The summed E-state index contributed by atoms with van der Waals surface area (Å²) >= 11 is 0. The van der Waals surface area contributed by atoms with Crippen molar-refractivity contribution in [2.45, 2.75) is 51.0 Å². The molecule has 1 saturated heterocycles. The Kier molecular flexibility index (Phi) is 3.23. The van der Waals surface area contributed by atoms with Crippen LogP contribution in [0.1, 0.15) is 44.2 Å². The van der Waals surface area contributed by atoms with Crippen LogP contribution in [-0.4, -0.2) is 30.3 Å². The van der Waals surface area contributed by atoms with Crippen molar-refractivity contribution in [3.05, 3.63) is 35.4 Å². The quantitative estimate of drug-likeness (QED) is 0.791. The van der Waals surface area contributed by atoms with E-state index in [4.69, 9.17) is 0 Å². The fraction of sp³-hybridized carbons (Fsp3) is 0.650. The number of carbonyl (C=O) groups is 1. The summed E-state index contributed by atoms with van der Waals surface area (Å²) in [6.45, 7) is 5.59. The number of rotatable bonds is 1. The zero-order valence-corrected chi connectivity index (χ0v) is 14.0. The van der Waals surface area contributed by atoms with Gasteiger partial charge in [-0.05, 0) is 49.4 Å². The first-order valence-electron chi connectivity index (χ1n) is 8.90. The molecule has 2 nitrogen and oxygen atoms in total. The van der Waals surface area contributed by atoms with Crippen molar-refractivity contribution in [2.24, 2.45) is 17.8 Å². The number of nitrogens with zero attached hydrogens (tertiary/aromatic N) is 1. The van der Waals surface area contributed by atoms with Gasteiger partial charge in [0.15, 0.2) is 0 Å². The number of hydrogen-bond acceptors (Lipinski definition) is 2. The normalized spacial score (nSPS) is 41.0. The van der Waals surface area contributed by atoms with Crippen molar-refractivity contribution in [2.75, 3.05) is 13.6 Å². The summed E-state index contributed by atoms with van der Waals surface area (Å²) in [7, 11) is 2.29. The average Bonchev–Trinajstić information content (AvgIpc) is 2.52. The van der Waals surface area contributed by atoms with Gasteiger partial charge in [-0.25, -0.2) is 0 Å². The maximum absolute atomic E-state index is 12.8. The highest BCUT2D eigenvalue weighted by Crippen LogP contribution is 2.58. The molecule has 2 unspecified atom stereocenters. The summed E-state index contributed by atoms with van der Waals surface area (Å²) in [5.74, 6) is 1.94. The Balaban J connectivity index is 1.92. The number of benzene rings is 1. The van der Waals surface area contributed by atoms with Gasteiger partial charge in [0.1, 0.15) is 5.78 Å². The van der Waals surface area contributed by atoms with Crippen LogP contribution in [-0.2, 0) is 16.6 Å². The van der Waals surface area contributed by atoms with E-state index in [1.165, 1.54) is 11.1 Å². The Morgan fingerprint density at radius 1 is 1.32 bits per heavy atom. The van der Waals surface area contributed by atoms with Gasteiger partial charge in [0.05, 0.1) is 0 Å². The van der Waals surface area contributed by atoms with E-state index < -0.39 is 0 Å². The molecule has 1 saturated carbocycles. The van der Waals surface area contributed by atoms with E-state index in [0.29, 0.717) is 23.7 Å². The highest BCUT2D eigenvalue weighted by Gasteiger charge is 2.59. The van der Waals surface area contributed by atoms with Gasteiger partial charge in [-0.2, -0.15) is 0 Å². The predicted octanol–water partition coefficient (Wildman–Crippen LogP) is 3.44. The lowest BCUT2D eigenvalue weighted by Gasteiger charge is -2.61. The number of fused-ring (bicyclic) bond motifs is 1. The first kappa shape index (κ1) is 14.4. The molecular weight excluding hydrogens is 270 g/mol. The molecule has 5 atom stereocenters. The number of likely N-dealkylation sites (N-methyl/N-ethyl adjacent to an activating group) is 1. The van der Waals surface area contributed by atoms with Gasteiger partial charge in [0.2, 0.25) is 0 Å². The third-order valence-corrected chi connectivity index (χ3v) is 7.08. The molecule has 0 aromatic heterocycles. The number of hydrogen-bond donors (Lipinski definition) is 0. The highest BCUT2D eigenvalue weighted by molar-refractivity contribution is 5.84. The number of ketones is 1. The number of carbonyl (C=O) groups excluding carboxylic acids is 1. The highest BCUT2D eigenvalue weighted by atomic mass is 16.1. The molecule has 1 aromatic carbocycles. The lowest BCUT2D eigenvalue weighted by atomic mass is 9.47. The van der Waals surface area contributed by atoms with Crippen molar-refractivity contribution in [3.63, 3.8) is 0 Å². The minimum Gasteiger partial charge on any atom is -0.303 e. The van der Waals surface area contributed by atoms with Gasteiger partial charge in [-0.3, -0.25) is 4.79 Å². The van der Waals surface area contributed by atoms with E-state index in [1.807, 2.05) is 0 Å². The zero-order chi connectivity index (χ0) is 15.5. The molecule has 2 fully saturated rings. The first-order chi connectivity index (χ1) is 10.6. The molecule has 0 N–H and O–H groups in total. The second kappa shape index (κ2) is 4.92. The van der Waals surface area contributed by atoms with Crippen molar-refractivity contribution in [1.82, 2.24) is 4.90 Å². The van der Waals surface area contributed by atoms with Crippen LogP contribution in [0.4, 0.5) is 0 Å². The molecule has 2 heteroatoms. The van der Waals surface area contributed by atoms with Gasteiger partial charge >= 0.3 is 0 Å². The summed E-state index contributed by atoms with van der Waals surface area (Å²) in [5, 5.41) is 0. The van der Waals surface area contributed by atoms with Crippen LogP contribution >= 0.6 is 0 Å². The molecule has 1 heterocycles. The van der Waals surface area contributed by atoms with E-state index in [1.54, 1.807) is 0 Å². The second-order valence-electron chi connectivity index (χ2n) is 7.85. The van der Waals surface area contributed by atoms with E-state index >= 15 is 0 Å². The van der Waals surface area contributed by atoms with E-state index in [2.05, 4.69) is 50.1 Å². The summed E-state index contributed by atoms with van der Waals surface area (Å²) in [6.07, 6.45) is 4.22. The monoisotopic (exact) mass is 297 g/mol. The minimum atomic E-state index is 0.121. The standard InChI is InChI=1S/C20H27NO/c1-4-15-13(2)18(22)12-20-9-10-21(3)17(19(15)20)11-14-7-5-6-8-16(14)20/h5-8,13,15,17,19H,4,9-12H2,1-3H3/t13?,15?,17-,19+,20-/m1/s1. The smallest absolute Gasteiger partial charge is 0.136 e. The fourth-order valence-corrected chi connectivity index (χ4v) is 5.98. The maximum Gasteiger partial charge on any atom is 0.136 e. The number of piperidine rings is 1. The summed E-state index contributed by atoms with van der Waals surface area (Å²) < 4.78 is 0. The molecule has 1 aromatic rings. The SMILES string of the molecule is CCC1C(C)C(=O)C[C@]23CCN(C)[C@H](Cc4ccccc42)[C@H]13. The zero-order valence-electron chi connectivity index (χ0n) is 14.0. The molecule has 1 aliphatic heterocycles. The van der Waals surface area contributed by atoms with Crippen molar-refractivity contribution >= 4 is 5.78 Å². The Bertz CT molecular complexity index is 609. The lowest BCUT2D eigenvalue weighted by Crippen LogP contribution is -2.64. The molecule has 4 rings (SSSR count). The molecule has 0 amide bonds. The molecule has 3 aliphatic rings. The van der Waals surface area contributed by atoms with Crippen LogP contribution in [0.25, 0.3) is 0 Å². The molecule has 0 spiro atoms. The first-order valence-corrected chi connectivity index (χ1v) is 8.90. The summed E-state index contributed by atoms with van der Waals surface area (Å²) in [5.41, 5.74) is 3.12. The average molecular weight is 297 g/mol. The second-order valence-corrected chi connectivity index (χ2v) is 7.85. The van der Waals surface area contributed by atoms with E-state index in [-0.39, 0.29) is 11.3 Å². The van der Waals surface area contributed by atoms with Crippen LogP contribution in [0.2, 0.25) is 0 Å². The van der Waals surface area contributed by atoms with Crippen LogP contribution < -0.4 is 0 Å². The van der Waals surface area contributed by atoms with Crippen LogP contribution in [0, 0.1) is 17.8 Å². The molecule has 22 heavy (non-hydrogen) atoms. The molecule has 118 valence electrons. The van der Waals surface area contributed by atoms with E-state index in [9.17, 15) is 4.79 Å².